The Labute approximate surface area is 65.8 Å². The van der Waals surface area contributed by atoms with Gasteiger partial charge in [-0.05, 0) is 6.42 Å². The van der Waals surface area contributed by atoms with Crippen molar-refractivity contribution in [3.63, 3.8) is 0 Å². The highest BCUT2D eigenvalue weighted by atomic mass is 16.9. The van der Waals surface area contributed by atoms with Gasteiger partial charge in [0, 0.05) is 6.61 Å². The smallest absolute Gasteiger partial charge is 0.291 e. The van der Waals surface area contributed by atoms with E-state index in [0.717, 1.165) is 6.42 Å². The predicted octanol–water partition coefficient (Wildman–Crippen LogP) is 1.21. The molecule has 5 nitrogen and oxygen atoms in total. The van der Waals surface area contributed by atoms with Gasteiger partial charge in [-0.15, -0.1) is 10.1 Å². The summed E-state index contributed by atoms with van der Waals surface area (Å²) < 4.78 is 0. The van der Waals surface area contributed by atoms with Crippen LogP contribution in [0.3, 0.4) is 0 Å². The van der Waals surface area contributed by atoms with Crippen LogP contribution in [-0.4, -0.2) is 22.0 Å². The summed E-state index contributed by atoms with van der Waals surface area (Å²) in [5.41, 5.74) is 0. The van der Waals surface area contributed by atoms with Crippen LogP contribution in [-0.2, 0) is 0 Å². The average Bonchev–Trinajstić information content (AvgIpc) is 1.88. The lowest BCUT2D eigenvalue weighted by atomic mass is 10.2. The zero-order chi connectivity index (χ0) is 9.11. The predicted molar refractivity (Wildman–Crippen MR) is 40.0 cm³/mol. The highest BCUT2D eigenvalue weighted by Crippen LogP contribution is 1.95. The summed E-state index contributed by atoms with van der Waals surface area (Å²) >= 11 is 0. The van der Waals surface area contributed by atoms with Crippen LogP contribution in [0, 0.1) is 10.1 Å². The molecular weight excluding hydrogens is 150 g/mol. The third-order valence-electron chi connectivity index (χ3n) is 1.01. The van der Waals surface area contributed by atoms with E-state index in [9.17, 15) is 0 Å². The van der Waals surface area contributed by atoms with E-state index in [1.54, 1.807) is 0 Å². The molecule has 0 aromatic rings. The first-order valence-electron chi connectivity index (χ1n) is 3.59. The lowest BCUT2D eigenvalue weighted by Gasteiger charge is -1.90. The van der Waals surface area contributed by atoms with Gasteiger partial charge >= 0.3 is 0 Å². The van der Waals surface area contributed by atoms with Gasteiger partial charge in [-0.2, -0.15) is 0 Å². The van der Waals surface area contributed by atoms with E-state index < -0.39 is 5.09 Å². The minimum absolute atomic E-state index is 0.361. The standard InChI is InChI=1S/C6H14O.HNO3/c1-2-3-4-5-6-7;2-1(3)4/h7H,2-6H2,1H3;(H,2,3,4). The number of aliphatic hydroxyl groups is 1. The summed E-state index contributed by atoms with van der Waals surface area (Å²) in [5.74, 6) is 0. The third-order valence-corrected chi connectivity index (χ3v) is 1.01. The van der Waals surface area contributed by atoms with Crippen molar-refractivity contribution in [2.75, 3.05) is 6.61 Å². The van der Waals surface area contributed by atoms with Gasteiger partial charge in [0.25, 0.3) is 5.09 Å². The highest BCUT2D eigenvalue weighted by Gasteiger charge is 1.80. The summed E-state index contributed by atoms with van der Waals surface area (Å²) in [6, 6.07) is 0. The maximum absolute atomic E-state index is 8.36. The monoisotopic (exact) mass is 165 g/mol. The second kappa shape index (κ2) is 11.9. The van der Waals surface area contributed by atoms with Crippen molar-refractivity contribution >= 4 is 0 Å². The quantitative estimate of drug-likeness (QED) is 0.372. The molecule has 0 aromatic heterocycles. The van der Waals surface area contributed by atoms with Crippen molar-refractivity contribution in [1.29, 1.82) is 0 Å². The van der Waals surface area contributed by atoms with E-state index in [4.69, 9.17) is 20.4 Å². The first kappa shape index (κ1) is 12.8. The molecule has 0 aliphatic carbocycles. The Hall–Kier alpha value is -0.840. The van der Waals surface area contributed by atoms with Crippen molar-refractivity contribution in [3.05, 3.63) is 10.1 Å². The molecule has 68 valence electrons. The zero-order valence-corrected chi connectivity index (χ0v) is 6.69. The van der Waals surface area contributed by atoms with Gasteiger partial charge in [-0.25, -0.2) is 0 Å². The van der Waals surface area contributed by atoms with Gasteiger partial charge in [0.05, 0.1) is 0 Å². The molecule has 5 heteroatoms. The molecule has 0 aliphatic rings. The molecule has 11 heavy (non-hydrogen) atoms. The Balaban J connectivity index is 0. The van der Waals surface area contributed by atoms with E-state index in [2.05, 4.69) is 6.92 Å². The first-order chi connectivity index (χ1) is 5.15. The van der Waals surface area contributed by atoms with E-state index in [1.165, 1.54) is 19.3 Å². The molecule has 0 aliphatic heterocycles. The van der Waals surface area contributed by atoms with Crippen LogP contribution in [0.1, 0.15) is 32.6 Å². The second-order valence-electron chi connectivity index (χ2n) is 2.02. The molecule has 0 radical (unpaired) electrons. The van der Waals surface area contributed by atoms with Gasteiger partial charge in [0.15, 0.2) is 0 Å². The Morgan fingerprint density at radius 2 is 1.82 bits per heavy atom. The Bertz CT molecular complexity index is 78.7. The number of hydrogen-bond acceptors (Lipinski definition) is 3. The lowest BCUT2D eigenvalue weighted by Crippen LogP contribution is -1.81. The molecule has 0 spiro atoms. The van der Waals surface area contributed by atoms with Gasteiger partial charge in [-0.3, -0.25) is 0 Å². The van der Waals surface area contributed by atoms with Gasteiger partial charge in [-0.1, -0.05) is 26.2 Å². The molecule has 0 bridgehead atoms. The molecule has 0 heterocycles. The fourth-order valence-electron chi connectivity index (χ4n) is 0.539. The van der Waals surface area contributed by atoms with Gasteiger partial charge in [0.1, 0.15) is 0 Å². The number of rotatable bonds is 4. The minimum Gasteiger partial charge on any atom is -0.396 e. The van der Waals surface area contributed by atoms with Crippen LogP contribution >= 0.6 is 0 Å². The number of hydrogen-bond donors (Lipinski definition) is 2. The Kier molecular flexibility index (Phi) is 13.8. The Morgan fingerprint density at radius 1 is 1.36 bits per heavy atom. The largest absolute Gasteiger partial charge is 0.396 e. The molecule has 0 rings (SSSR count). The van der Waals surface area contributed by atoms with Crippen molar-refractivity contribution in [2.45, 2.75) is 32.6 Å². The highest BCUT2D eigenvalue weighted by molar-refractivity contribution is 4.35. The van der Waals surface area contributed by atoms with Crippen LogP contribution in [0.25, 0.3) is 0 Å². The van der Waals surface area contributed by atoms with Crippen LogP contribution < -0.4 is 0 Å². The van der Waals surface area contributed by atoms with E-state index in [-0.39, 0.29) is 0 Å². The Morgan fingerprint density at radius 3 is 2.09 bits per heavy atom. The summed E-state index contributed by atoms with van der Waals surface area (Å²) in [6.45, 7) is 2.53. The van der Waals surface area contributed by atoms with Crippen molar-refractivity contribution in [3.8, 4) is 0 Å². The molecule has 0 atom stereocenters. The first-order valence-corrected chi connectivity index (χ1v) is 3.59. The van der Waals surface area contributed by atoms with Crippen LogP contribution in [0.2, 0.25) is 0 Å². The average molecular weight is 165 g/mol. The van der Waals surface area contributed by atoms with Gasteiger partial charge < -0.3 is 10.3 Å². The fraction of sp³-hybridized carbons (Fsp3) is 1.00. The normalized spacial score (nSPS) is 8.18. The number of unbranched alkanes of at least 4 members (excludes halogenated alkanes) is 3. The molecule has 2 N–H and O–H groups in total. The second-order valence-corrected chi connectivity index (χ2v) is 2.02. The summed E-state index contributed by atoms with van der Waals surface area (Å²) in [4.78, 5) is 8.36. The van der Waals surface area contributed by atoms with E-state index in [1.807, 2.05) is 0 Å². The maximum Gasteiger partial charge on any atom is 0.291 e. The summed E-state index contributed by atoms with van der Waals surface area (Å²) in [6.07, 6.45) is 4.68. The molecule has 0 saturated carbocycles. The summed E-state index contributed by atoms with van der Waals surface area (Å²) in [5, 5.41) is 21.9. The molecule has 0 aromatic carbocycles. The van der Waals surface area contributed by atoms with Crippen LogP contribution in [0.4, 0.5) is 0 Å². The SMILES string of the molecule is CCCCCCO.O=[N+]([O-])O. The van der Waals surface area contributed by atoms with Crippen molar-refractivity contribution in [2.24, 2.45) is 0 Å². The van der Waals surface area contributed by atoms with Crippen molar-refractivity contribution in [1.82, 2.24) is 0 Å². The van der Waals surface area contributed by atoms with E-state index >= 15 is 0 Å². The van der Waals surface area contributed by atoms with Crippen LogP contribution in [0.5, 0.6) is 0 Å². The van der Waals surface area contributed by atoms with Gasteiger partial charge in [0.2, 0.25) is 0 Å². The van der Waals surface area contributed by atoms with Crippen LogP contribution in [0.15, 0.2) is 0 Å². The topological polar surface area (TPSA) is 83.6 Å². The zero-order valence-electron chi connectivity index (χ0n) is 6.69. The van der Waals surface area contributed by atoms with Crippen molar-refractivity contribution < 1.29 is 15.4 Å². The fourth-order valence-corrected chi connectivity index (χ4v) is 0.539. The lowest BCUT2D eigenvalue weighted by molar-refractivity contribution is -0.742. The number of aliphatic hydroxyl groups excluding tert-OH is 1. The maximum atomic E-state index is 8.36. The molecule has 0 amide bonds. The third kappa shape index (κ3) is 47.0. The van der Waals surface area contributed by atoms with E-state index in [0.29, 0.717) is 6.61 Å². The molecule has 0 fully saturated rings. The molecule has 0 saturated heterocycles. The summed E-state index contributed by atoms with van der Waals surface area (Å²) in [7, 11) is 0. The molecule has 0 unspecified atom stereocenters. The molecular formula is C6H15NO4. The minimum atomic E-state index is -1.50. The number of nitrogens with zero attached hydrogens (tertiary/aromatic N) is 1.